The number of hydrogen-bond acceptors (Lipinski definition) is 4. The number of halogens is 1. The Kier molecular flexibility index (Phi) is 4.73. The lowest BCUT2D eigenvalue weighted by atomic mass is 10.0. The number of piperidine rings is 1. The summed E-state index contributed by atoms with van der Waals surface area (Å²) in [4.78, 5) is 17.2. The predicted molar refractivity (Wildman–Crippen MR) is 87.3 cm³/mol. The van der Waals surface area contributed by atoms with E-state index in [4.69, 9.17) is 16.0 Å². The quantitative estimate of drug-likeness (QED) is 0.860. The molecule has 1 fully saturated rings. The molecule has 1 amide bonds. The number of hydrogen-bond donors (Lipinski definition) is 0. The number of amides is 1. The average molecular weight is 337 g/mol. The summed E-state index contributed by atoms with van der Waals surface area (Å²) in [6, 6.07) is 3.91. The number of likely N-dealkylation sites (tertiary alicyclic amines) is 1. The van der Waals surface area contributed by atoms with Crippen molar-refractivity contribution in [3.8, 4) is 0 Å². The van der Waals surface area contributed by atoms with E-state index in [1.54, 1.807) is 13.3 Å². The lowest BCUT2D eigenvalue weighted by Crippen LogP contribution is -2.46. The highest BCUT2D eigenvalue weighted by Gasteiger charge is 2.30. The number of aromatic nitrogens is 2. The number of carbonyl (C=O) groups excluding carboxylic acids is 1. The molecular formula is C16H21ClN4O2. The van der Waals surface area contributed by atoms with Gasteiger partial charge in [0.2, 0.25) is 0 Å². The molecule has 0 N–H and O–H groups in total. The van der Waals surface area contributed by atoms with Crippen molar-refractivity contribution in [1.29, 1.82) is 0 Å². The predicted octanol–water partition coefficient (Wildman–Crippen LogP) is 2.40. The molecule has 3 rings (SSSR count). The molecule has 1 aliphatic rings. The first-order valence-corrected chi connectivity index (χ1v) is 8.13. The molecule has 124 valence electrons. The van der Waals surface area contributed by atoms with E-state index in [1.165, 1.54) is 10.9 Å². The van der Waals surface area contributed by atoms with E-state index >= 15 is 0 Å². The molecular weight excluding hydrogens is 316 g/mol. The van der Waals surface area contributed by atoms with Crippen molar-refractivity contribution in [1.82, 2.24) is 19.6 Å². The maximum absolute atomic E-state index is 13.0. The Hall–Kier alpha value is -1.79. The fraction of sp³-hybridized carbons (Fsp3) is 0.500. The van der Waals surface area contributed by atoms with E-state index in [0.29, 0.717) is 17.3 Å². The summed E-state index contributed by atoms with van der Waals surface area (Å²) in [5.41, 5.74) is 0.444. The Balaban J connectivity index is 1.84. The molecule has 7 heteroatoms. The highest BCUT2D eigenvalue weighted by Crippen LogP contribution is 2.24. The van der Waals surface area contributed by atoms with Crippen molar-refractivity contribution in [3.05, 3.63) is 41.1 Å². The normalized spacial score (nSPS) is 16.7. The van der Waals surface area contributed by atoms with E-state index in [0.717, 1.165) is 31.7 Å². The zero-order chi connectivity index (χ0) is 16.4. The number of furan rings is 1. The summed E-state index contributed by atoms with van der Waals surface area (Å²) in [7, 11) is 3.83. The van der Waals surface area contributed by atoms with Crippen LogP contribution < -0.4 is 0 Å². The van der Waals surface area contributed by atoms with Crippen LogP contribution in [0.15, 0.2) is 29.0 Å². The van der Waals surface area contributed by atoms with Gasteiger partial charge in [-0.1, -0.05) is 11.6 Å². The Morgan fingerprint density at radius 3 is 2.74 bits per heavy atom. The first-order chi connectivity index (χ1) is 11.1. The van der Waals surface area contributed by atoms with Crippen LogP contribution in [0.2, 0.25) is 5.15 Å². The Labute approximate surface area is 140 Å². The highest BCUT2D eigenvalue weighted by molar-refractivity contribution is 6.32. The van der Waals surface area contributed by atoms with Crippen molar-refractivity contribution in [2.75, 3.05) is 20.1 Å². The third-order valence-electron chi connectivity index (χ3n) is 4.39. The first kappa shape index (κ1) is 16.1. The maximum atomic E-state index is 13.0. The van der Waals surface area contributed by atoms with Crippen LogP contribution >= 0.6 is 11.6 Å². The second-order valence-corrected chi connectivity index (χ2v) is 6.38. The summed E-state index contributed by atoms with van der Waals surface area (Å²) in [5, 5.41) is 4.45. The third-order valence-corrected chi connectivity index (χ3v) is 4.84. The Morgan fingerprint density at radius 1 is 1.43 bits per heavy atom. The zero-order valence-electron chi connectivity index (χ0n) is 13.4. The van der Waals surface area contributed by atoms with Gasteiger partial charge in [-0.05, 0) is 45.1 Å². The topological polar surface area (TPSA) is 54.5 Å². The standard InChI is InChI=1S/C16H21ClN4O2/c1-19-7-5-12(6-8-19)21(11-13-4-3-9-23-13)16(22)14-10-18-20(2)15(14)17/h3-4,9-10,12H,5-8,11H2,1-2H3. The molecule has 0 atom stereocenters. The van der Waals surface area contributed by atoms with Crippen molar-refractivity contribution >= 4 is 17.5 Å². The van der Waals surface area contributed by atoms with Gasteiger partial charge in [0.1, 0.15) is 10.9 Å². The number of nitrogens with zero attached hydrogens (tertiary/aromatic N) is 4. The first-order valence-electron chi connectivity index (χ1n) is 7.75. The highest BCUT2D eigenvalue weighted by atomic mass is 35.5. The summed E-state index contributed by atoms with van der Waals surface area (Å²) >= 11 is 6.21. The van der Waals surface area contributed by atoms with Crippen molar-refractivity contribution < 1.29 is 9.21 Å². The van der Waals surface area contributed by atoms with Gasteiger partial charge in [-0.2, -0.15) is 5.10 Å². The van der Waals surface area contributed by atoms with Crippen LogP contribution in [0.3, 0.4) is 0 Å². The Morgan fingerprint density at radius 2 is 2.17 bits per heavy atom. The molecule has 0 spiro atoms. The molecule has 0 aromatic carbocycles. The molecule has 0 saturated carbocycles. The molecule has 0 radical (unpaired) electrons. The lowest BCUT2D eigenvalue weighted by molar-refractivity contribution is 0.0551. The zero-order valence-corrected chi connectivity index (χ0v) is 14.2. The van der Waals surface area contributed by atoms with Crippen LogP contribution in [0.25, 0.3) is 0 Å². The molecule has 0 aliphatic carbocycles. The second-order valence-electron chi connectivity index (χ2n) is 6.02. The third kappa shape index (κ3) is 3.43. The fourth-order valence-corrected chi connectivity index (χ4v) is 3.14. The molecule has 3 heterocycles. The molecule has 23 heavy (non-hydrogen) atoms. The van der Waals surface area contributed by atoms with Gasteiger partial charge in [0.05, 0.1) is 24.6 Å². The van der Waals surface area contributed by atoms with Gasteiger partial charge in [-0.3, -0.25) is 9.48 Å². The molecule has 0 bridgehead atoms. The van der Waals surface area contributed by atoms with Crippen molar-refractivity contribution in [2.24, 2.45) is 7.05 Å². The van der Waals surface area contributed by atoms with E-state index in [9.17, 15) is 4.79 Å². The van der Waals surface area contributed by atoms with E-state index in [-0.39, 0.29) is 11.9 Å². The number of rotatable bonds is 4. The SMILES string of the molecule is CN1CCC(N(Cc2ccco2)C(=O)c2cnn(C)c2Cl)CC1. The summed E-state index contributed by atoms with van der Waals surface area (Å²) < 4.78 is 6.95. The molecule has 2 aromatic rings. The summed E-state index contributed by atoms with van der Waals surface area (Å²) in [6.45, 7) is 2.41. The smallest absolute Gasteiger partial charge is 0.259 e. The van der Waals surface area contributed by atoms with Gasteiger partial charge >= 0.3 is 0 Å². The summed E-state index contributed by atoms with van der Waals surface area (Å²) in [5.74, 6) is 0.686. The number of carbonyl (C=O) groups is 1. The van der Waals surface area contributed by atoms with Gasteiger partial charge in [0, 0.05) is 13.1 Å². The van der Waals surface area contributed by atoms with Crippen LogP contribution in [0.1, 0.15) is 29.0 Å². The van der Waals surface area contributed by atoms with Crippen LogP contribution in [-0.4, -0.2) is 51.7 Å². The minimum absolute atomic E-state index is 0.0888. The lowest BCUT2D eigenvalue weighted by Gasteiger charge is -2.36. The molecule has 2 aromatic heterocycles. The van der Waals surface area contributed by atoms with Crippen LogP contribution in [0.5, 0.6) is 0 Å². The van der Waals surface area contributed by atoms with Gasteiger partial charge in [0.15, 0.2) is 0 Å². The molecule has 0 unspecified atom stereocenters. The van der Waals surface area contributed by atoms with E-state index in [2.05, 4.69) is 17.0 Å². The van der Waals surface area contributed by atoms with Crippen LogP contribution in [-0.2, 0) is 13.6 Å². The monoisotopic (exact) mass is 336 g/mol. The van der Waals surface area contributed by atoms with Gasteiger partial charge < -0.3 is 14.2 Å². The minimum Gasteiger partial charge on any atom is -0.467 e. The van der Waals surface area contributed by atoms with Gasteiger partial charge in [-0.15, -0.1) is 0 Å². The maximum Gasteiger partial charge on any atom is 0.259 e. The largest absolute Gasteiger partial charge is 0.467 e. The van der Waals surface area contributed by atoms with Gasteiger partial charge in [-0.25, -0.2) is 0 Å². The average Bonchev–Trinajstić information content (AvgIpc) is 3.17. The molecule has 6 nitrogen and oxygen atoms in total. The minimum atomic E-state index is -0.0888. The second kappa shape index (κ2) is 6.76. The fourth-order valence-electron chi connectivity index (χ4n) is 2.96. The Bertz CT molecular complexity index is 660. The number of aryl methyl sites for hydroxylation is 1. The van der Waals surface area contributed by atoms with Crippen LogP contribution in [0.4, 0.5) is 0 Å². The molecule has 1 aliphatic heterocycles. The molecule has 1 saturated heterocycles. The summed E-state index contributed by atoms with van der Waals surface area (Å²) in [6.07, 6.45) is 5.06. The van der Waals surface area contributed by atoms with Gasteiger partial charge in [0.25, 0.3) is 5.91 Å². The van der Waals surface area contributed by atoms with Crippen LogP contribution in [0, 0.1) is 0 Å². The van der Waals surface area contributed by atoms with E-state index < -0.39 is 0 Å². The van der Waals surface area contributed by atoms with Crippen molar-refractivity contribution in [2.45, 2.75) is 25.4 Å². The van der Waals surface area contributed by atoms with E-state index in [1.807, 2.05) is 17.0 Å². The van der Waals surface area contributed by atoms with Crippen molar-refractivity contribution in [3.63, 3.8) is 0 Å².